The Morgan fingerprint density at radius 2 is 2.00 bits per heavy atom. The summed E-state index contributed by atoms with van der Waals surface area (Å²) in [5.41, 5.74) is 3.84. The molecule has 1 aliphatic carbocycles. The van der Waals surface area contributed by atoms with Crippen LogP contribution >= 0.6 is 11.6 Å². The van der Waals surface area contributed by atoms with Gasteiger partial charge in [0.1, 0.15) is 5.82 Å². The van der Waals surface area contributed by atoms with Gasteiger partial charge in [-0.1, -0.05) is 30.5 Å². The molecule has 0 saturated heterocycles. The van der Waals surface area contributed by atoms with Crippen molar-refractivity contribution in [2.24, 2.45) is 0 Å². The van der Waals surface area contributed by atoms with E-state index in [1.165, 1.54) is 55.6 Å². The number of aromatic nitrogens is 2. The van der Waals surface area contributed by atoms with E-state index in [0.29, 0.717) is 5.92 Å². The van der Waals surface area contributed by atoms with Crippen LogP contribution in [0, 0.1) is 0 Å². The first-order valence-electron chi connectivity index (χ1n) is 8.44. The molecule has 2 heterocycles. The molecule has 22 heavy (non-hydrogen) atoms. The molecule has 1 aromatic carbocycles. The highest BCUT2D eigenvalue weighted by molar-refractivity contribution is 6.30. The smallest absolute Gasteiger partial charge is 0.133 e. The second kappa shape index (κ2) is 5.96. The summed E-state index contributed by atoms with van der Waals surface area (Å²) in [5, 5.41) is 9.40. The highest BCUT2D eigenvalue weighted by Gasteiger charge is 2.27. The molecule has 3 nitrogen and oxygen atoms in total. The van der Waals surface area contributed by atoms with Crippen LogP contribution in [0.2, 0.25) is 5.02 Å². The van der Waals surface area contributed by atoms with Crippen LogP contribution in [-0.2, 0) is 6.42 Å². The maximum absolute atomic E-state index is 6.18. The first-order valence-corrected chi connectivity index (χ1v) is 8.82. The van der Waals surface area contributed by atoms with Gasteiger partial charge in [0.2, 0.25) is 0 Å². The predicted octanol–water partition coefficient (Wildman–Crippen LogP) is 4.93. The maximum atomic E-state index is 6.18. The zero-order valence-electron chi connectivity index (χ0n) is 12.8. The molecular weight excluding hydrogens is 294 g/mol. The third-order valence-corrected chi connectivity index (χ3v) is 5.19. The lowest BCUT2D eigenvalue weighted by atomic mass is 9.97. The minimum atomic E-state index is 0.647. The van der Waals surface area contributed by atoms with Gasteiger partial charge in [0.15, 0.2) is 0 Å². The second-order valence-electron chi connectivity index (χ2n) is 6.47. The van der Waals surface area contributed by atoms with E-state index in [2.05, 4.69) is 16.1 Å². The number of hydrogen-bond donors (Lipinski definition) is 1. The van der Waals surface area contributed by atoms with Crippen LogP contribution in [0.25, 0.3) is 5.69 Å². The number of hydrogen-bond acceptors (Lipinski definition) is 2. The lowest BCUT2D eigenvalue weighted by molar-refractivity contribution is 0.664. The Kier molecular flexibility index (Phi) is 3.83. The van der Waals surface area contributed by atoms with Crippen LogP contribution < -0.4 is 5.32 Å². The summed E-state index contributed by atoms with van der Waals surface area (Å²) in [7, 11) is 0. The van der Waals surface area contributed by atoms with Gasteiger partial charge in [0, 0.05) is 23.0 Å². The van der Waals surface area contributed by atoms with Crippen molar-refractivity contribution < 1.29 is 0 Å². The molecule has 0 amide bonds. The fraction of sp³-hybridized carbons (Fsp3) is 0.500. The molecule has 0 atom stereocenters. The van der Waals surface area contributed by atoms with Gasteiger partial charge < -0.3 is 5.32 Å². The molecule has 0 spiro atoms. The molecule has 1 aliphatic heterocycles. The van der Waals surface area contributed by atoms with E-state index in [1.54, 1.807) is 0 Å². The van der Waals surface area contributed by atoms with Crippen LogP contribution in [0.1, 0.15) is 55.7 Å². The molecule has 1 fully saturated rings. The van der Waals surface area contributed by atoms with E-state index in [4.69, 9.17) is 16.7 Å². The quantitative estimate of drug-likeness (QED) is 0.851. The van der Waals surface area contributed by atoms with Gasteiger partial charge in [-0.05, 0) is 50.3 Å². The Morgan fingerprint density at radius 3 is 2.82 bits per heavy atom. The molecule has 116 valence electrons. The highest BCUT2D eigenvalue weighted by Crippen LogP contribution is 2.39. The predicted molar refractivity (Wildman–Crippen MR) is 91.2 cm³/mol. The van der Waals surface area contributed by atoms with Crippen molar-refractivity contribution in [3.05, 3.63) is 40.5 Å². The van der Waals surface area contributed by atoms with E-state index in [-0.39, 0.29) is 0 Å². The van der Waals surface area contributed by atoms with Gasteiger partial charge in [-0.3, -0.25) is 0 Å². The Bertz CT molecular complexity index is 671. The molecule has 4 rings (SSSR count). The number of halogens is 1. The molecule has 0 bridgehead atoms. The van der Waals surface area contributed by atoms with Crippen molar-refractivity contribution in [2.75, 3.05) is 11.9 Å². The molecule has 2 aliphatic rings. The molecule has 2 aromatic rings. The van der Waals surface area contributed by atoms with Gasteiger partial charge >= 0.3 is 0 Å². The zero-order valence-corrected chi connectivity index (χ0v) is 13.6. The summed E-state index contributed by atoms with van der Waals surface area (Å²) in [6.45, 7) is 1.03. The van der Waals surface area contributed by atoms with E-state index >= 15 is 0 Å². The average Bonchev–Trinajstić information content (AvgIpc) is 3.09. The highest BCUT2D eigenvalue weighted by atomic mass is 35.5. The van der Waals surface area contributed by atoms with Crippen molar-refractivity contribution >= 4 is 17.4 Å². The van der Waals surface area contributed by atoms with Crippen molar-refractivity contribution in [3.8, 4) is 5.69 Å². The molecule has 0 unspecified atom stereocenters. The second-order valence-corrected chi connectivity index (χ2v) is 6.91. The number of nitrogens with zero attached hydrogens (tertiary/aromatic N) is 2. The van der Waals surface area contributed by atoms with Crippen molar-refractivity contribution in [1.29, 1.82) is 0 Å². The molecule has 4 heteroatoms. The number of anilines is 1. The standard InChI is InChI=1S/C18H22ClN3/c19-14-8-5-9-15(12-14)22-18-16(10-3-4-11-20-18)17(21-22)13-6-1-2-7-13/h5,8-9,12-13,20H,1-4,6-7,10-11H2. The fourth-order valence-electron chi connectivity index (χ4n) is 3.85. The van der Waals surface area contributed by atoms with E-state index in [0.717, 1.165) is 23.7 Å². The van der Waals surface area contributed by atoms with E-state index < -0.39 is 0 Å². The van der Waals surface area contributed by atoms with Crippen LogP contribution in [0.3, 0.4) is 0 Å². The number of nitrogens with one attached hydrogen (secondary N) is 1. The summed E-state index contributed by atoms with van der Waals surface area (Å²) < 4.78 is 2.08. The first kappa shape index (κ1) is 14.1. The summed E-state index contributed by atoms with van der Waals surface area (Å²) in [6, 6.07) is 8.00. The average molecular weight is 316 g/mol. The number of benzene rings is 1. The molecule has 1 aromatic heterocycles. The monoisotopic (exact) mass is 315 g/mol. The maximum Gasteiger partial charge on any atom is 0.133 e. The van der Waals surface area contributed by atoms with Crippen molar-refractivity contribution in [3.63, 3.8) is 0 Å². The SMILES string of the molecule is Clc1cccc(-n2nc(C3CCCC3)c3c2NCCCC3)c1. The normalized spacial score (nSPS) is 18.8. The van der Waals surface area contributed by atoms with Gasteiger partial charge in [-0.15, -0.1) is 0 Å². The lowest BCUT2D eigenvalue weighted by Gasteiger charge is -2.09. The summed E-state index contributed by atoms with van der Waals surface area (Å²) >= 11 is 6.18. The summed E-state index contributed by atoms with van der Waals surface area (Å²) in [4.78, 5) is 0. The summed E-state index contributed by atoms with van der Waals surface area (Å²) in [5.74, 6) is 1.84. The summed E-state index contributed by atoms with van der Waals surface area (Å²) in [6.07, 6.45) is 8.90. The van der Waals surface area contributed by atoms with Crippen molar-refractivity contribution in [2.45, 2.75) is 50.9 Å². The Hall–Kier alpha value is -1.48. The largest absolute Gasteiger partial charge is 0.370 e. The number of rotatable bonds is 2. The molecule has 1 saturated carbocycles. The first-order chi connectivity index (χ1) is 10.8. The van der Waals surface area contributed by atoms with E-state index in [9.17, 15) is 0 Å². The third-order valence-electron chi connectivity index (χ3n) is 4.96. The zero-order chi connectivity index (χ0) is 14.9. The Labute approximate surface area is 136 Å². The molecule has 0 radical (unpaired) electrons. The third kappa shape index (κ3) is 2.52. The molecular formula is C18H22ClN3. The van der Waals surface area contributed by atoms with Gasteiger partial charge in [0.25, 0.3) is 0 Å². The van der Waals surface area contributed by atoms with Crippen LogP contribution in [0.4, 0.5) is 5.82 Å². The molecule has 1 N–H and O–H groups in total. The van der Waals surface area contributed by atoms with E-state index in [1.807, 2.05) is 18.2 Å². The van der Waals surface area contributed by atoms with Crippen LogP contribution in [0.5, 0.6) is 0 Å². The fourth-order valence-corrected chi connectivity index (χ4v) is 4.04. The van der Waals surface area contributed by atoms with Gasteiger partial charge in [-0.2, -0.15) is 5.10 Å². The number of fused-ring (bicyclic) bond motifs is 1. The minimum absolute atomic E-state index is 0.647. The van der Waals surface area contributed by atoms with Crippen LogP contribution in [0.15, 0.2) is 24.3 Å². The topological polar surface area (TPSA) is 29.9 Å². The minimum Gasteiger partial charge on any atom is -0.370 e. The van der Waals surface area contributed by atoms with Gasteiger partial charge in [-0.25, -0.2) is 4.68 Å². The van der Waals surface area contributed by atoms with Gasteiger partial charge in [0.05, 0.1) is 11.4 Å². The van der Waals surface area contributed by atoms with Crippen molar-refractivity contribution in [1.82, 2.24) is 9.78 Å². The Balaban J connectivity index is 1.83. The lowest BCUT2D eigenvalue weighted by Crippen LogP contribution is -2.07. The van der Waals surface area contributed by atoms with Crippen LogP contribution in [-0.4, -0.2) is 16.3 Å². The Morgan fingerprint density at radius 1 is 1.14 bits per heavy atom.